The number of ether oxygens (including phenoxy) is 2. The monoisotopic (exact) mass is 1050 g/mol. The molecule has 2 heterocycles. The molecule has 2 spiro atoms. The van der Waals surface area contributed by atoms with Gasteiger partial charge in [0.25, 0.3) is 0 Å². The number of likely N-dealkylation sites (N-methyl/N-ethyl adjacent to an activating group) is 1. The summed E-state index contributed by atoms with van der Waals surface area (Å²) in [6, 6.07) is 16.7. The van der Waals surface area contributed by atoms with E-state index in [0.717, 1.165) is 67.1 Å². The average molecular weight is 1050 g/mol. The largest absolute Gasteiger partial charge is 0.454 e. The molecule has 4 bridgehead atoms. The summed E-state index contributed by atoms with van der Waals surface area (Å²) in [5.74, 6) is 6.27. The van der Waals surface area contributed by atoms with E-state index < -0.39 is 63.0 Å². The number of benzene rings is 2. The van der Waals surface area contributed by atoms with Crippen LogP contribution < -0.4 is 5.32 Å². The normalized spacial score (nSPS) is 50.8. The lowest BCUT2D eigenvalue weighted by Gasteiger charge is -2.76. The van der Waals surface area contributed by atoms with E-state index in [1.165, 1.54) is 31.2 Å². The number of aliphatic hydroxyl groups excluding tert-OH is 2. The summed E-state index contributed by atoms with van der Waals surface area (Å²) in [6.07, 6.45) is 20.6. The molecule has 10 fully saturated rings. The van der Waals surface area contributed by atoms with Crippen LogP contribution in [0, 0.1) is 105 Å². The Hall–Kier alpha value is -3.66. The number of esters is 1. The summed E-state index contributed by atoms with van der Waals surface area (Å²) in [7, 11) is 1.94. The van der Waals surface area contributed by atoms with E-state index in [4.69, 9.17) is 9.47 Å². The molecule has 10 heteroatoms. The first-order chi connectivity index (χ1) is 37.4. The zero-order valence-corrected chi connectivity index (χ0v) is 45.2. The lowest BCUT2D eigenvalue weighted by molar-refractivity contribution is -0.392. The molecule has 0 unspecified atom stereocenters. The number of carbonyl (C=O) groups is 2. The van der Waals surface area contributed by atoms with Gasteiger partial charge in [-0.1, -0.05) is 92.1 Å². The number of fused-ring (bicyclic) bond motifs is 9. The molecule has 2 aromatic carbocycles. The molecule has 14 aliphatic rings. The molecule has 0 aromatic heterocycles. The number of aliphatic hydroxyl groups is 5. The topological polar surface area (TPSA) is 166 Å². The van der Waals surface area contributed by atoms with E-state index in [-0.39, 0.29) is 72.6 Å². The Balaban J connectivity index is 0.915. The quantitative estimate of drug-likeness (QED) is 0.0740. The maximum absolute atomic E-state index is 15.7. The average Bonchev–Trinajstić information content (AvgIpc) is 3.12. The third-order valence-corrected chi connectivity index (χ3v) is 26.4. The van der Waals surface area contributed by atoms with Crippen molar-refractivity contribution >= 4 is 12.3 Å². The fourth-order valence-corrected chi connectivity index (χ4v) is 23.9. The fraction of sp³-hybridized carbons (Fsp3) is 0.701. The van der Waals surface area contributed by atoms with Gasteiger partial charge in [0, 0.05) is 65.2 Å². The van der Waals surface area contributed by atoms with Crippen molar-refractivity contribution in [2.24, 2.45) is 93.2 Å². The molecule has 9 saturated carbocycles. The van der Waals surface area contributed by atoms with Gasteiger partial charge in [0.15, 0.2) is 0 Å². The molecular weight excluding hydrogens is 963 g/mol. The molecule has 2 aromatic rings. The van der Waals surface area contributed by atoms with Crippen LogP contribution >= 0.6 is 0 Å². The van der Waals surface area contributed by atoms with Gasteiger partial charge in [-0.3, -0.25) is 0 Å². The predicted molar refractivity (Wildman–Crippen MR) is 289 cm³/mol. The summed E-state index contributed by atoms with van der Waals surface area (Å²) in [4.78, 5) is 29.6. The van der Waals surface area contributed by atoms with Gasteiger partial charge in [0.05, 0.1) is 29.8 Å². The molecule has 12 aliphatic carbocycles. The van der Waals surface area contributed by atoms with Gasteiger partial charge in [-0.2, -0.15) is 0 Å². The smallest absolute Gasteiger partial charge is 0.331 e. The van der Waals surface area contributed by atoms with E-state index in [9.17, 15) is 25.2 Å². The van der Waals surface area contributed by atoms with Gasteiger partial charge in [-0.05, 0) is 191 Å². The molecule has 1 saturated heterocycles. The third-order valence-electron chi connectivity index (χ3n) is 26.4. The highest BCUT2D eigenvalue weighted by Crippen LogP contribution is 2.81. The van der Waals surface area contributed by atoms with Crippen LogP contribution in [-0.2, 0) is 32.1 Å². The number of aldehydes is 1. The Bertz CT molecular complexity index is 2830. The van der Waals surface area contributed by atoms with Gasteiger partial charge >= 0.3 is 5.97 Å². The van der Waals surface area contributed by atoms with Crippen LogP contribution in [0.25, 0.3) is 0 Å². The van der Waals surface area contributed by atoms with Gasteiger partial charge < -0.3 is 45.1 Å². The van der Waals surface area contributed by atoms with E-state index in [0.29, 0.717) is 88.1 Å². The first-order valence-electron chi connectivity index (χ1n) is 30.8. The van der Waals surface area contributed by atoms with Crippen molar-refractivity contribution < 1.29 is 44.6 Å². The first-order valence-corrected chi connectivity index (χ1v) is 30.8. The van der Waals surface area contributed by atoms with Crippen molar-refractivity contribution in [1.82, 2.24) is 5.32 Å². The van der Waals surface area contributed by atoms with Crippen LogP contribution in [0.1, 0.15) is 150 Å². The highest BCUT2D eigenvalue weighted by Gasteiger charge is 2.88. The van der Waals surface area contributed by atoms with E-state index in [2.05, 4.69) is 59.6 Å². The van der Waals surface area contributed by atoms with E-state index in [1.54, 1.807) is 6.08 Å². The Morgan fingerprint density at radius 2 is 1.68 bits per heavy atom. The molecule has 23 atom stereocenters. The maximum atomic E-state index is 15.7. The Kier molecular flexibility index (Phi) is 11.7. The summed E-state index contributed by atoms with van der Waals surface area (Å²) < 4.78 is 13.8. The van der Waals surface area contributed by atoms with Crippen LogP contribution in [0.5, 0.6) is 0 Å². The zero-order chi connectivity index (χ0) is 52.4. The lowest BCUT2D eigenvalue weighted by atomic mass is 9.31. The number of rotatable bonds is 5. The minimum Gasteiger partial charge on any atom is -0.454 e. The van der Waals surface area contributed by atoms with Gasteiger partial charge in [-0.15, -0.1) is 0 Å². The maximum Gasteiger partial charge on any atom is 0.331 e. The predicted octanol–water partition coefficient (Wildman–Crippen LogP) is 8.54. The standard InChI is InChI=1S/C67H83NO9/c1-68-55-32-48-40(16-9-18-43(48)35-69)15-7-8-24-62-25-22-56-63(37-70)36-64-46(28-44-27-41(20-21-52(44)64)38-11-3-2-4-12-38)23-26-76-61(64)54-30-42-17-10-19-47(39-13-5-6-14-39)49(42)31-53(66(54,63)74)60(72)67(56,75)65(62,73)34-45-29-50(55)59-51(58(45)62)33-57(71)77-59/h2-4,9-12,16-18,33,37,39,41-42,44-47,49-50,52-56,58-61,68-69,72-75H,5-6,8,13-14,19-32,34-36H2,1H3/t41-,42+,44+,45+,46-,47+,49-,50+,52+,53+,54-,55-,56-,58-,59+,60-,61-,62-,63+,64-,65-,66+,67-/m1/s1. The molecule has 77 heavy (non-hydrogen) atoms. The van der Waals surface area contributed by atoms with Crippen molar-refractivity contribution in [2.75, 3.05) is 13.7 Å². The molecule has 0 amide bonds. The molecule has 0 radical (unpaired) electrons. The Labute approximate surface area is 455 Å². The Morgan fingerprint density at radius 3 is 2.48 bits per heavy atom. The highest BCUT2D eigenvalue weighted by atomic mass is 16.5. The number of hydrogen-bond donors (Lipinski definition) is 6. The first kappa shape index (κ1) is 50.3. The van der Waals surface area contributed by atoms with Crippen LogP contribution in [0.2, 0.25) is 0 Å². The molecule has 10 nitrogen and oxygen atoms in total. The van der Waals surface area contributed by atoms with Gasteiger partial charge in [-0.25, -0.2) is 4.79 Å². The minimum absolute atomic E-state index is 0.123. The van der Waals surface area contributed by atoms with E-state index in [1.807, 2.05) is 25.2 Å². The fourth-order valence-electron chi connectivity index (χ4n) is 23.9. The molecule has 16 rings (SSSR count). The van der Waals surface area contributed by atoms with Crippen LogP contribution in [0.3, 0.4) is 0 Å². The third kappa shape index (κ3) is 6.46. The van der Waals surface area contributed by atoms with Gasteiger partial charge in [0.2, 0.25) is 0 Å². The van der Waals surface area contributed by atoms with Crippen molar-refractivity contribution in [1.29, 1.82) is 0 Å². The molecule has 6 N–H and O–H groups in total. The second-order valence-corrected chi connectivity index (χ2v) is 28.2. The highest BCUT2D eigenvalue weighted by molar-refractivity contribution is 5.86. The van der Waals surface area contributed by atoms with Crippen molar-refractivity contribution in [3.63, 3.8) is 0 Å². The summed E-state index contributed by atoms with van der Waals surface area (Å²) in [5, 5.41) is 73.4. The Morgan fingerprint density at radius 1 is 0.831 bits per heavy atom. The number of hydrogen-bond acceptors (Lipinski definition) is 10. The lowest BCUT2D eigenvalue weighted by Crippen LogP contribution is -2.87. The zero-order valence-electron chi connectivity index (χ0n) is 45.2. The van der Waals surface area contributed by atoms with Crippen molar-refractivity contribution in [2.45, 2.75) is 182 Å². The summed E-state index contributed by atoms with van der Waals surface area (Å²) in [5.41, 5.74) is -3.86. The minimum atomic E-state index is -2.19. The van der Waals surface area contributed by atoms with Crippen LogP contribution in [0.4, 0.5) is 0 Å². The van der Waals surface area contributed by atoms with Crippen molar-refractivity contribution in [3.05, 3.63) is 94.6 Å². The van der Waals surface area contributed by atoms with Crippen LogP contribution in [0.15, 0.2) is 72.3 Å². The van der Waals surface area contributed by atoms with E-state index >= 15 is 9.90 Å². The molecular formula is C67H83NO9. The van der Waals surface area contributed by atoms with Crippen LogP contribution in [-0.4, -0.2) is 92.6 Å². The number of allylic oxidation sites excluding steroid dienone is 2. The molecule has 2 aliphatic heterocycles. The van der Waals surface area contributed by atoms with Gasteiger partial charge in [0.1, 0.15) is 23.6 Å². The second-order valence-electron chi connectivity index (χ2n) is 28.2. The number of carbonyl (C=O) groups excluding carboxylic acids is 2. The SMILES string of the molecule is CN[C@@H]1Cc2c(cccc2CO)C#CCC[C@]23CC[C@H]4[C@@](O)([C@H](O)[C@@H]5C[C@@H]6[C@@H](C=CC[C@H]6C6CCCC6)C[C@@H]6[C@H]7OCC[C@@H]8C[C@@H]9C[C@H](c%10ccccc%10)CC[C@@H]9[C@@]87C[C@@]4(C=O)[C@@]65O)[C@@]2(O)C[C@@H]2C[C@@H]1[C@@H]1OC(=O)C=C1[C@@H]23. The van der Waals surface area contributed by atoms with Crippen molar-refractivity contribution in [3.8, 4) is 11.8 Å². The second kappa shape index (κ2) is 17.9. The summed E-state index contributed by atoms with van der Waals surface area (Å²) >= 11 is 0. The number of nitrogens with one attached hydrogen (secondary N) is 1. The molecule has 410 valence electrons. The summed E-state index contributed by atoms with van der Waals surface area (Å²) in [6.45, 7) is 0.497.